The molecule has 1 aliphatic heterocycles. The molecular formula is C28H23BrClN3O7. The van der Waals surface area contributed by atoms with Crippen LogP contribution >= 0.6 is 27.5 Å². The summed E-state index contributed by atoms with van der Waals surface area (Å²) in [5.41, 5.74) is 1.36. The number of para-hydroxylation sites is 2. The van der Waals surface area contributed by atoms with Crippen LogP contribution in [0.3, 0.4) is 0 Å². The van der Waals surface area contributed by atoms with Gasteiger partial charge in [-0.25, -0.2) is 9.69 Å². The first-order valence-electron chi connectivity index (χ1n) is 11.7. The van der Waals surface area contributed by atoms with E-state index in [9.17, 15) is 19.2 Å². The highest BCUT2D eigenvalue weighted by Gasteiger charge is 2.37. The zero-order valence-electron chi connectivity index (χ0n) is 21.5. The third-order valence-electron chi connectivity index (χ3n) is 5.87. The van der Waals surface area contributed by atoms with Crippen LogP contribution in [-0.2, 0) is 14.4 Å². The Labute approximate surface area is 243 Å². The van der Waals surface area contributed by atoms with Crippen molar-refractivity contribution in [2.45, 2.75) is 6.92 Å². The highest BCUT2D eigenvalue weighted by Crippen LogP contribution is 2.38. The molecule has 1 heterocycles. The van der Waals surface area contributed by atoms with E-state index in [1.165, 1.54) is 26.4 Å². The summed E-state index contributed by atoms with van der Waals surface area (Å²) < 4.78 is 16.8. The third kappa shape index (κ3) is 5.95. The maximum Gasteiger partial charge on any atom is 0.335 e. The second-order valence-electron chi connectivity index (χ2n) is 8.41. The molecule has 206 valence electrons. The minimum atomic E-state index is -0.883. The summed E-state index contributed by atoms with van der Waals surface area (Å²) in [5, 5.41) is 5.26. The number of barbiturate groups is 1. The number of urea groups is 1. The van der Waals surface area contributed by atoms with Crippen LogP contribution < -0.4 is 29.7 Å². The second kappa shape index (κ2) is 12.2. The number of imide groups is 2. The molecule has 1 fully saturated rings. The lowest BCUT2D eigenvalue weighted by Gasteiger charge is -2.27. The van der Waals surface area contributed by atoms with Gasteiger partial charge in [-0.2, -0.15) is 0 Å². The van der Waals surface area contributed by atoms with E-state index in [0.717, 1.165) is 4.90 Å². The first-order chi connectivity index (χ1) is 19.1. The summed E-state index contributed by atoms with van der Waals surface area (Å²) in [4.78, 5) is 51.9. The van der Waals surface area contributed by atoms with Gasteiger partial charge >= 0.3 is 6.03 Å². The van der Waals surface area contributed by atoms with Gasteiger partial charge in [0, 0.05) is 5.02 Å². The average Bonchev–Trinajstić information content (AvgIpc) is 2.92. The molecule has 0 bridgehead atoms. The zero-order valence-corrected chi connectivity index (χ0v) is 23.9. The topological polar surface area (TPSA) is 123 Å². The number of nitrogens with zero attached hydrogens (tertiary/aromatic N) is 1. The fourth-order valence-corrected chi connectivity index (χ4v) is 4.66. The summed E-state index contributed by atoms with van der Waals surface area (Å²) in [6.45, 7) is 1.32. The molecule has 0 aromatic heterocycles. The van der Waals surface area contributed by atoms with Crippen molar-refractivity contribution in [1.29, 1.82) is 0 Å². The van der Waals surface area contributed by atoms with E-state index in [4.69, 9.17) is 25.8 Å². The number of halogens is 2. The second-order valence-corrected chi connectivity index (χ2v) is 9.67. The van der Waals surface area contributed by atoms with Gasteiger partial charge in [-0.1, -0.05) is 29.8 Å². The van der Waals surface area contributed by atoms with E-state index >= 15 is 0 Å². The van der Waals surface area contributed by atoms with Gasteiger partial charge in [-0.05, 0) is 76.5 Å². The number of methoxy groups -OCH3 is 2. The largest absolute Gasteiger partial charge is 0.495 e. The number of rotatable bonds is 8. The van der Waals surface area contributed by atoms with Crippen LogP contribution in [0.5, 0.6) is 17.2 Å². The number of ether oxygens (including phenoxy) is 3. The van der Waals surface area contributed by atoms with Crippen molar-refractivity contribution in [3.05, 3.63) is 80.8 Å². The van der Waals surface area contributed by atoms with E-state index in [1.807, 2.05) is 0 Å². The molecule has 1 aliphatic rings. The molecule has 5 amide bonds. The molecule has 10 nitrogen and oxygen atoms in total. The lowest BCUT2D eigenvalue weighted by molar-refractivity contribution is -0.122. The molecule has 0 aliphatic carbocycles. The van der Waals surface area contributed by atoms with E-state index in [2.05, 4.69) is 26.6 Å². The van der Waals surface area contributed by atoms with Crippen molar-refractivity contribution in [1.82, 2.24) is 5.32 Å². The molecule has 3 aromatic rings. The van der Waals surface area contributed by atoms with Gasteiger partial charge in [0.15, 0.2) is 18.1 Å². The summed E-state index contributed by atoms with van der Waals surface area (Å²) in [6, 6.07) is 14.0. The fourth-order valence-electron chi connectivity index (χ4n) is 3.92. The van der Waals surface area contributed by atoms with Crippen molar-refractivity contribution in [3.63, 3.8) is 0 Å². The van der Waals surface area contributed by atoms with E-state index < -0.39 is 23.8 Å². The van der Waals surface area contributed by atoms with Gasteiger partial charge < -0.3 is 19.5 Å². The zero-order chi connectivity index (χ0) is 29.0. The Kier molecular flexibility index (Phi) is 8.76. The van der Waals surface area contributed by atoms with Crippen LogP contribution in [-0.4, -0.2) is 44.6 Å². The molecule has 1 saturated heterocycles. The van der Waals surface area contributed by atoms with Gasteiger partial charge in [0.25, 0.3) is 17.7 Å². The maximum absolute atomic E-state index is 13.3. The SMILES string of the molecule is COc1ccccc1NC(=O)COc1c(Br)cc(/C=C2/C(=O)NC(=O)N(c3cccc(Cl)c3C)C2=O)cc1OC. The molecule has 0 saturated carbocycles. The maximum atomic E-state index is 13.3. The van der Waals surface area contributed by atoms with Gasteiger partial charge in [-0.15, -0.1) is 0 Å². The standard InChI is InChI=1S/C28H23BrClN3O7/c1-15-19(30)7-6-9-21(15)33-27(36)17(26(35)32-28(33)37)11-16-12-18(29)25(23(13-16)39-3)40-14-24(34)31-20-8-4-5-10-22(20)38-2/h4-13H,14H2,1-3H3,(H,31,34)(H,32,35,37)/b17-11-. The van der Waals surface area contributed by atoms with Crippen molar-refractivity contribution in [2.24, 2.45) is 0 Å². The number of benzene rings is 3. The lowest BCUT2D eigenvalue weighted by Crippen LogP contribution is -2.54. The summed E-state index contributed by atoms with van der Waals surface area (Å²) in [5.74, 6) is -1.15. The summed E-state index contributed by atoms with van der Waals surface area (Å²) >= 11 is 9.57. The van der Waals surface area contributed by atoms with Crippen molar-refractivity contribution < 1.29 is 33.4 Å². The molecule has 12 heteroatoms. The number of hydrogen-bond donors (Lipinski definition) is 2. The molecule has 3 aromatic carbocycles. The first-order valence-corrected chi connectivity index (χ1v) is 12.9. The Morgan fingerprint density at radius 2 is 1.77 bits per heavy atom. The molecule has 0 unspecified atom stereocenters. The van der Waals surface area contributed by atoms with Crippen LogP contribution in [0.2, 0.25) is 5.02 Å². The Balaban J connectivity index is 1.58. The number of carbonyl (C=O) groups is 4. The van der Waals surface area contributed by atoms with Crippen LogP contribution in [0.4, 0.5) is 16.2 Å². The summed E-state index contributed by atoms with van der Waals surface area (Å²) in [6.07, 6.45) is 1.32. The molecule has 2 N–H and O–H groups in total. The number of anilines is 2. The van der Waals surface area contributed by atoms with E-state index in [1.54, 1.807) is 55.5 Å². The average molecular weight is 629 g/mol. The minimum absolute atomic E-state index is 0.227. The highest BCUT2D eigenvalue weighted by atomic mass is 79.9. The van der Waals surface area contributed by atoms with Gasteiger partial charge in [0.2, 0.25) is 0 Å². The molecule has 0 atom stereocenters. The summed E-state index contributed by atoms with van der Waals surface area (Å²) in [7, 11) is 2.90. The highest BCUT2D eigenvalue weighted by molar-refractivity contribution is 9.10. The molecule has 0 spiro atoms. The Morgan fingerprint density at radius 3 is 2.50 bits per heavy atom. The van der Waals surface area contributed by atoms with E-state index in [-0.39, 0.29) is 29.4 Å². The van der Waals surface area contributed by atoms with Gasteiger partial charge in [-0.3, -0.25) is 19.7 Å². The quantitative estimate of drug-likeness (QED) is 0.263. The van der Waals surface area contributed by atoms with Gasteiger partial charge in [0.1, 0.15) is 11.3 Å². The Hall–Kier alpha value is -4.35. The lowest BCUT2D eigenvalue weighted by atomic mass is 10.1. The van der Waals surface area contributed by atoms with Crippen LogP contribution in [0, 0.1) is 6.92 Å². The molecular weight excluding hydrogens is 606 g/mol. The predicted molar refractivity (Wildman–Crippen MR) is 153 cm³/mol. The molecule has 40 heavy (non-hydrogen) atoms. The van der Waals surface area contributed by atoms with Crippen molar-refractivity contribution >= 4 is 68.7 Å². The minimum Gasteiger partial charge on any atom is -0.495 e. The number of nitrogens with one attached hydrogen (secondary N) is 2. The normalized spacial score (nSPS) is 14.2. The van der Waals surface area contributed by atoms with Crippen LogP contribution in [0.1, 0.15) is 11.1 Å². The number of amides is 5. The molecule has 0 radical (unpaired) electrons. The monoisotopic (exact) mass is 627 g/mol. The van der Waals surface area contributed by atoms with Crippen molar-refractivity contribution in [3.8, 4) is 17.2 Å². The van der Waals surface area contributed by atoms with Crippen LogP contribution in [0.15, 0.2) is 64.6 Å². The number of carbonyl (C=O) groups excluding carboxylic acids is 4. The number of hydrogen-bond acceptors (Lipinski definition) is 7. The van der Waals surface area contributed by atoms with Gasteiger partial charge in [0.05, 0.1) is 30.1 Å². The smallest absolute Gasteiger partial charge is 0.335 e. The fraction of sp³-hybridized carbons (Fsp3) is 0.143. The van der Waals surface area contributed by atoms with E-state index in [0.29, 0.717) is 32.1 Å². The first kappa shape index (κ1) is 28.7. The Bertz CT molecular complexity index is 1560. The molecule has 4 rings (SSSR count). The third-order valence-corrected chi connectivity index (χ3v) is 6.87. The predicted octanol–water partition coefficient (Wildman–Crippen LogP) is 5.11. The van der Waals surface area contributed by atoms with Crippen LogP contribution in [0.25, 0.3) is 6.08 Å². The van der Waals surface area contributed by atoms with Crippen molar-refractivity contribution in [2.75, 3.05) is 31.0 Å². The Morgan fingerprint density at radius 1 is 1.05 bits per heavy atom.